The third kappa shape index (κ3) is 2.29. The summed E-state index contributed by atoms with van der Waals surface area (Å²) in [5.41, 5.74) is 0.849. The molecule has 1 aromatic heterocycles. The zero-order chi connectivity index (χ0) is 8.10. The predicted molar refractivity (Wildman–Crippen MR) is 43.1 cm³/mol. The fourth-order valence-corrected chi connectivity index (χ4v) is 0.884. The molecule has 0 saturated heterocycles. The minimum Gasteiger partial charge on any atom is -0.387 e. The van der Waals surface area contributed by atoms with Gasteiger partial charge in [0.1, 0.15) is 0 Å². The Morgan fingerprint density at radius 1 is 1.73 bits per heavy atom. The van der Waals surface area contributed by atoms with Gasteiger partial charge in [0.2, 0.25) is 0 Å². The maximum absolute atomic E-state index is 9.42. The minimum absolute atomic E-state index is 0.450. The zero-order valence-corrected chi connectivity index (χ0v) is 6.49. The molecule has 3 nitrogen and oxygen atoms in total. The number of aliphatic hydroxyl groups excluding tert-OH is 1. The van der Waals surface area contributed by atoms with Crippen LogP contribution in [0.5, 0.6) is 0 Å². The summed E-state index contributed by atoms with van der Waals surface area (Å²) in [6, 6.07) is 3.67. The summed E-state index contributed by atoms with van der Waals surface area (Å²) >= 11 is 0. The summed E-state index contributed by atoms with van der Waals surface area (Å²) in [4.78, 5) is 3.90. The second kappa shape index (κ2) is 4.05. The van der Waals surface area contributed by atoms with Crippen LogP contribution in [0.25, 0.3) is 0 Å². The summed E-state index contributed by atoms with van der Waals surface area (Å²) < 4.78 is 0. The first kappa shape index (κ1) is 8.17. The van der Waals surface area contributed by atoms with Crippen LogP contribution in [0.15, 0.2) is 24.5 Å². The van der Waals surface area contributed by atoms with Crippen molar-refractivity contribution in [1.82, 2.24) is 10.3 Å². The van der Waals surface area contributed by atoms with Gasteiger partial charge < -0.3 is 10.4 Å². The van der Waals surface area contributed by atoms with Gasteiger partial charge >= 0.3 is 0 Å². The molecule has 0 saturated carbocycles. The largest absolute Gasteiger partial charge is 0.387 e. The first-order chi connectivity index (χ1) is 5.34. The number of hydrogen-bond acceptors (Lipinski definition) is 3. The normalized spacial score (nSPS) is 12.9. The van der Waals surface area contributed by atoms with Crippen molar-refractivity contribution >= 4 is 0 Å². The number of aromatic nitrogens is 1. The van der Waals surface area contributed by atoms with Gasteiger partial charge in [0, 0.05) is 24.5 Å². The van der Waals surface area contributed by atoms with E-state index in [2.05, 4.69) is 10.3 Å². The van der Waals surface area contributed by atoms with E-state index in [1.54, 1.807) is 19.4 Å². The maximum atomic E-state index is 9.42. The Balaban J connectivity index is 2.61. The van der Waals surface area contributed by atoms with E-state index in [9.17, 15) is 5.11 Å². The third-order valence-corrected chi connectivity index (χ3v) is 1.47. The zero-order valence-electron chi connectivity index (χ0n) is 6.49. The number of nitrogens with one attached hydrogen (secondary N) is 1. The molecular weight excluding hydrogens is 140 g/mol. The van der Waals surface area contributed by atoms with Crippen LogP contribution in [-0.2, 0) is 0 Å². The van der Waals surface area contributed by atoms with E-state index in [4.69, 9.17) is 0 Å². The Hall–Kier alpha value is -0.930. The van der Waals surface area contributed by atoms with Gasteiger partial charge in [-0.25, -0.2) is 0 Å². The summed E-state index contributed by atoms with van der Waals surface area (Å²) in [5, 5.41) is 12.3. The van der Waals surface area contributed by atoms with Crippen molar-refractivity contribution < 1.29 is 5.11 Å². The predicted octanol–water partition coefficient (Wildman–Crippen LogP) is 0.334. The van der Waals surface area contributed by atoms with Crippen molar-refractivity contribution in [3.05, 3.63) is 30.1 Å². The molecule has 0 aliphatic heterocycles. The molecule has 0 unspecified atom stereocenters. The topological polar surface area (TPSA) is 45.1 Å². The molecule has 0 aliphatic rings. The van der Waals surface area contributed by atoms with Gasteiger partial charge in [-0.15, -0.1) is 0 Å². The van der Waals surface area contributed by atoms with E-state index >= 15 is 0 Å². The molecule has 0 aliphatic carbocycles. The number of aliphatic hydroxyl groups is 1. The molecule has 0 aromatic carbocycles. The Morgan fingerprint density at radius 3 is 3.09 bits per heavy atom. The van der Waals surface area contributed by atoms with Gasteiger partial charge in [-0.3, -0.25) is 4.98 Å². The first-order valence-corrected chi connectivity index (χ1v) is 3.57. The lowest BCUT2D eigenvalue weighted by molar-refractivity contribution is 0.177. The van der Waals surface area contributed by atoms with Crippen LogP contribution in [0.1, 0.15) is 11.7 Å². The number of rotatable bonds is 3. The van der Waals surface area contributed by atoms with Gasteiger partial charge in [0.25, 0.3) is 0 Å². The van der Waals surface area contributed by atoms with E-state index in [0.717, 1.165) is 5.56 Å². The first-order valence-electron chi connectivity index (χ1n) is 3.57. The van der Waals surface area contributed by atoms with Crippen LogP contribution >= 0.6 is 0 Å². The highest BCUT2D eigenvalue weighted by molar-refractivity contribution is 5.11. The average Bonchev–Trinajstić information content (AvgIpc) is 2.07. The van der Waals surface area contributed by atoms with Crippen LogP contribution in [0.3, 0.4) is 0 Å². The molecule has 1 atom stereocenters. The van der Waals surface area contributed by atoms with E-state index in [1.807, 2.05) is 12.1 Å². The number of hydrogen-bond donors (Lipinski definition) is 2. The number of nitrogens with zero attached hydrogens (tertiary/aromatic N) is 1. The SMILES string of the molecule is CNC[C@H](O)c1cccnc1. The lowest BCUT2D eigenvalue weighted by Crippen LogP contribution is -2.16. The lowest BCUT2D eigenvalue weighted by atomic mass is 10.2. The van der Waals surface area contributed by atoms with Crippen molar-refractivity contribution in [3.8, 4) is 0 Å². The Labute approximate surface area is 66.1 Å². The second-order valence-corrected chi connectivity index (χ2v) is 2.36. The highest BCUT2D eigenvalue weighted by atomic mass is 16.3. The van der Waals surface area contributed by atoms with Crippen molar-refractivity contribution in [2.45, 2.75) is 6.10 Å². The van der Waals surface area contributed by atoms with Crippen LogP contribution in [0, 0.1) is 0 Å². The molecule has 2 N–H and O–H groups in total. The second-order valence-electron chi connectivity index (χ2n) is 2.36. The van der Waals surface area contributed by atoms with E-state index in [-0.39, 0.29) is 0 Å². The molecule has 0 amide bonds. The molecule has 60 valence electrons. The molecule has 0 radical (unpaired) electrons. The molecule has 0 fully saturated rings. The highest BCUT2D eigenvalue weighted by Crippen LogP contribution is 2.08. The quantitative estimate of drug-likeness (QED) is 0.656. The van der Waals surface area contributed by atoms with E-state index in [1.165, 1.54) is 0 Å². The van der Waals surface area contributed by atoms with Gasteiger partial charge in [-0.05, 0) is 13.1 Å². The number of pyridine rings is 1. The lowest BCUT2D eigenvalue weighted by Gasteiger charge is -2.08. The van der Waals surface area contributed by atoms with Gasteiger partial charge in [-0.1, -0.05) is 6.07 Å². The van der Waals surface area contributed by atoms with Crippen molar-refractivity contribution in [2.75, 3.05) is 13.6 Å². The van der Waals surface area contributed by atoms with Crippen molar-refractivity contribution in [3.63, 3.8) is 0 Å². The summed E-state index contributed by atoms with van der Waals surface area (Å²) in [6.45, 7) is 0.561. The fraction of sp³-hybridized carbons (Fsp3) is 0.375. The third-order valence-electron chi connectivity index (χ3n) is 1.47. The van der Waals surface area contributed by atoms with Crippen LogP contribution in [0.2, 0.25) is 0 Å². The highest BCUT2D eigenvalue weighted by Gasteiger charge is 2.03. The van der Waals surface area contributed by atoms with Gasteiger partial charge in [0.15, 0.2) is 0 Å². The molecule has 3 heteroatoms. The van der Waals surface area contributed by atoms with Crippen molar-refractivity contribution in [2.24, 2.45) is 0 Å². The molecule has 0 spiro atoms. The molecule has 1 aromatic rings. The Bertz CT molecular complexity index is 201. The maximum Gasteiger partial charge on any atom is 0.0929 e. The molecule has 11 heavy (non-hydrogen) atoms. The molecule has 1 rings (SSSR count). The summed E-state index contributed by atoms with van der Waals surface area (Å²) in [6.07, 6.45) is 2.91. The van der Waals surface area contributed by atoms with Crippen LogP contribution in [0.4, 0.5) is 0 Å². The summed E-state index contributed by atoms with van der Waals surface area (Å²) in [5.74, 6) is 0. The fourth-order valence-electron chi connectivity index (χ4n) is 0.884. The minimum atomic E-state index is -0.450. The smallest absolute Gasteiger partial charge is 0.0929 e. The number of likely N-dealkylation sites (N-methyl/N-ethyl adjacent to an activating group) is 1. The summed E-state index contributed by atoms with van der Waals surface area (Å²) in [7, 11) is 1.81. The average molecular weight is 152 g/mol. The van der Waals surface area contributed by atoms with Gasteiger partial charge in [0.05, 0.1) is 6.10 Å². The van der Waals surface area contributed by atoms with Crippen LogP contribution in [-0.4, -0.2) is 23.7 Å². The van der Waals surface area contributed by atoms with Crippen LogP contribution < -0.4 is 5.32 Å². The van der Waals surface area contributed by atoms with Gasteiger partial charge in [-0.2, -0.15) is 0 Å². The molecule has 1 heterocycles. The monoisotopic (exact) mass is 152 g/mol. The molecule has 0 bridgehead atoms. The standard InChI is InChI=1S/C8H12N2O/c1-9-6-8(11)7-3-2-4-10-5-7/h2-5,8-9,11H,6H2,1H3/t8-/m0/s1. The van der Waals surface area contributed by atoms with E-state index in [0.29, 0.717) is 6.54 Å². The van der Waals surface area contributed by atoms with E-state index < -0.39 is 6.10 Å². The Morgan fingerprint density at radius 2 is 2.55 bits per heavy atom. The Kier molecular flexibility index (Phi) is 3.01. The van der Waals surface area contributed by atoms with Crippen molar-refractivity contribution in [1.29, 1.82) is 0 Å². The molecular formula is C8H12N2O.